The van der Waals surface area contributed by atoms with E-state index in [-0.39, 0.29) is 11.2 Å². The maximum Gasteiger partial charge on any atom is 0.169 e. The van der Waals surface area contributed by atoms with Gasteiger partial charge in [-0.15, -0.1) is 0 Å². The van der Waals surface area contributed by atoms with Crippen LogP contribution in [-0.4, -0.2) is 5.78 Å². The Bertz CT molecular complexity index is 436. The Morgan fingerprint density at radius 2 is 2.06 bits per heavy atom. The summed E-state index contributed by atoms with van der Waals surface area (Å²) in [4.78, 5) is 12.6. The molecule has 0 amide bonds. The van der Waals surface area contributed by atoms with E-state index in [1.54, 1.807) is 18.2 Å². The second kappa shape index (κ2) is 4.69. The molecular weight excluding hydrogens is 234 g/mol. The Balaban J connectivity index is 2.32. The highest BCUT2D eigenvalue weighted by molar-refractivity contribution is 6.33. The fourth-order valence-electron chi connectivity index (χ4n) is 2.77. The molecule has 0 unspecified atom stereocenters. The van der Waals surface area contributed by atoms with Crippen LogP contribution in [0.5, 0.6) is 0 Å². The van der Waals surface area contributed by atoms with E-state index in [0.717, 1.165) is 32.1 Å². The van der Waals surface area contributed by atoms with Gasteiger partial charge in [-0.25, -0.2) is 0 Å². The van der Waals surface area contributed by atoms with E-state index in [1.165, 1.54) is 0 Å². The van der Waals surface area contributed by atoms with Crippen molar-refractivity contribution in [2.75, 3.05) is 5.73 Å². The number of anilines is 1. The van der Waals surface area contributed by atoms with Crippen LogP contribution in [0, 0.1) is 5.41 Å². The van der Waals surface area contributed by atoms with Crippen molar-refractivity contribution in [3.63, 3.8) is 0 Å². The van der Waals surface area contributed by atoms with Gasteiger partial charge in [-0.2, -0.15) is 0 Å². The number of hydrogen-bond acceptors (Lipinski definition) is 2. The molecule has 1 aliphatic carbocycles. The topological polar surface area (TPSA) is 43.1 Å². The van der Waals surface area contributed by atoms with Gasteiger partial charge in [0.2, 0.25) is 0 Å². The van der Waals surface area contributed by atoms with Crippen LogP contribution in [0.15, 0.2) is 18.2 Å². The molecule has 3 heteroatoms. The molecule has 92 valence electrons. The molecule has 0 heterocycles. The van der Waals surface area contributed by atoms with Crippen molar-refractivity contribution in [2.24, 2.45) is 5.41 Å². The molecule has 0 spiro atoms. The lowest BCUT2D eigenvalue weighted by Crippen LogP contribution is -2.27. The van der Waals surface area contributed by atoms with Crippen LogP contribution < -0.4 is 5.73 Å². The number of carbonyl (C=O) groups is 1. The van der Waals surface area contributed by atoms with Crippen molar-refractivity contribution < 1.29 is 4.79 Å². The molecule has 0 radical (unpaired) electrons. The molecule has 1 aliphatic rings. The fourth-order valence-corrected chi connectivity index (χ4v) is 2.95. The molecule has 1 aromatic carbocycles. The summed E-state index contributed by atoms with van der Waals surface area (Å²) < 4.78 is 0. The zero-order valence-corrected chi connectivity index (χ0v) is 10.9. The van der Waals surface area contributed by atoms with Crippen molar-refractivity contribution >= 4 is 23.1 Å². The maximum atomic E-state index is 12.6. The maximum absolute atomic E-state index is 12.6. The summed E-state index contributed by atoms with van der Waals surface area (Å²) in [6.07, 6.45) is 5.23. The Morgan fingerprint density at radius 1 is 1.41 bits per heavy atom. The predicted octanol–water partition coefficient (Wildman–Crippen LogP) is 4.08. The van der Waals surface area contributed by atoms with Crippen LogP contribution >= 0.6 is 11.6 Å². The zero-order chi connectivity index (χ0) is 12.5. The van der Waals surface area contributed by atoms with Gasteiger partial charge in [0.1, 0.15) is 0 Å². The van der Waals surface area contributed by atoms with E-state index in [1.807, 2.05) is 0 Å². The first-order valence-electron chi connectivity index (χ1n) is 6.19. The first-order chi connectivity index (χ1) is 8.09. The number of rotatable bonds is 3. The van der Waals surface area contributed by atoms with Gasteiger partial charge in [-0.3, -0.25) is 4.79 Å². The van der Waals surface area contributed by atoms with Gasteiger partial charge in [0.25, 0.3) is 0 Å². The zero-order valence-electron chi connectivity index (χ0n) is 10.1. The SMILES string of the molecule is CCC1(C(=O)c2ccc(N)c(Cl)c2)CCCC1. The molecular formula is C14H18ClNO. The molecule has 1 aromatic rings. The van der Waals surface area contributed by atoms with Gasteiger partial charge in [0, 0.05) is 11.0 Å². The molecule has 0 atom stereocenters. The molecule has 2 rings (SSSR count). The molecule has 1 fully saturated rings. The Labute approximate surface area is 107 Å². The standard InChI is InChI=1S/C14H18ClNO/c1-2-14(7-3-4-8-14)13(17)10-5-6-12(16)11(15)9-10/h5-6,9H,2-4,7-8,16H2,1H3. The second-order valence-corrected chi connectivity index (χ2v) is 5.31. The molecule has 0 aromatic heterocycles. The quantitative estimate of drug-likeness (QED) is 0.650. The van der Waals surface area contributed by atoms with Crippen molar-refractivity contribution in [3.05, 3.63) is 28.8 Å². The Kier molecular flexibility index (Phi) is 3.43. The molecule has 2 nitrogen and oxygen atoms in total. The van der Waals surface area contributed by atoms with E-state index in [4.69, 9.17) is 17.3 Å². The van der Waals surface area contributed by atoms with Crippen molar-refractivity contribution in [3.8, 4) is 0 Å². The number of ketones is 1. The predicted molar refractivity (Wildman–Crippen MR) is 71.4 cm³/mol. The van der Waals surface area contributed by atoms with Crippen LogP contribution in [-0.2, 0) is 0 Å². The highest BCUT2D eigenvalue weighted by Gasteiger charge is 2.39. The summed E-state index contributed by atoms with van der Waals surface area (Å²) in [6, 6.07) is 5.21. The van der Waals surface area contributed by atoms with Crippen molar-refractivity contribution in [2.45, 2.75) is 39.0 Å². The van der Waals surface area contributed by atoms with Crippen LogP contribution in [0.25, 0.3) is 0 Å². The van der Waals surface area contributed by atoms with Gasteiger partial charge in [0.15, 0.2) is 5.78 Å². The second-order valence-electron chi connectivity index (χ2n) is 4.91. The van der Waals surface area contributed by atoms with Gasteiger partial charge in [-0.05, 0) is 37.5 Å². The summed E-state index contributed by atoms with van der Waals surface area (Å²) in [5, 5.41) is 0.472. The smallest absolute Gasteiger partial charge is 0.169 e. The summed E-state index contributed by atoms with van der Waals surface area (Å²) in [5.74, 6) is 0.236. The van der Waals surface area contributed by atoms with Crippen LogP contribution in [0.1, 0.15) is 49.4 Å². The summed E-state index contributed by atoms with van der Waals surface area (Å²) in [7, 11) is 0. The van der Waals surface area contributed by atoms with Crippen molar-refractivity contribution in [1.82, 2.24) is 0 Å². The number of nitrogens with two attached hydrogens (primary N) is 1. The minimum Gasteiger partial charge on any atom is -0.398 e. The third-order valence-corrected chi connectivity index (χ3v) is 4.31. The molecule has 0 saturated heterocycles. The Hall–Kier alpha value is -1.02. The minimum atomic E-state index is -0.153. The lowest BCUT2D eigenvalue weighted by Gasteiger charge is -2.25. The first kappa shape index (κ1) is 12.4. The summed E-state index contributed by atoms with van der Waals surface area (Å²) in [5.41, 5.74) is 6.74. The van der Waals surface area contributed by atoms with E-state index >= 15 is 0 Å². The lowest BCUT2D eigenvalue weighted by molar-refractivity contribution is 0.0791. The third kappa shape index (κ3) is 2.19. The van der Waals surface area contributed by atoms with E-state index < -0.39 is 0 Å². The fraction of sp³-hybridized carbons (Fsp3) is 0.500. The average Bonchev–Trinajstić information content (AvgIpc) is 2.81. The minimum absolute atomic E-state index is 0.153. The summed E-state index contributed by atoms with van der Waals surface area (Å²) in [6.45, 7) is 2.10. The van der Waals surface area contributed by atoms with Crippen LogP contribution in [0.3, 0.4) is 0 Å². The van der Waals surface area contributed by atoms with E-state index in [2.05, 4.69) is 6.92 Å². The number of nitrogen functional groups attached to an aromatic ring is 1. The van der Waals surface area contributed by atoms with Crippen LogP contribution in [0.4, 0.5) is 5.69 Å². The molecule has 17 heavy (non-hydrogen) atoms. The molecule has 0 bridgehead atoms. The third-order valence-electron chi connectivity index (χ3n) is 3.98. The average molecular weight is 252 g/mol. The van der Waals surface area contributed by atoms with Gasteiger partial charge >= 0.3 is 0 Å². The number of carbonyl (C=O) groups excluding carboxylic acids is 1. The molecule has 1 saturated carbocycles. The van der Waals surface area contributed by atoms with E-state index in [9.17, 15) is 4.79 Å². The highest BCUT2D eigenvalue weighted by atomic mass is 35.5. The molecule has 2 N–H and O–H groups in total. The van der Waals surface area contributed by atoms with Gasteiger partial charge in [-0.1, -0.05) is 31.4 Å². The number of benzene rings is 1. The van der Waals surface area contributed by atoms with E-state index in [0.29, 0.717) is 16.3 Å². The lowest BCUT2D eigenvalue weighted by atomic mass is 9.76. The van der Waals surface area contributed by atoms with Gasteiger partial charge in [0.05, 0.1) is 10.7 Å². The Morgan fingerprint density at radius 3 is 2.59 bits per heavy atom. The normalized spacial score (nSPS) is 18.2. The van der Waals surface area contributed by atoms with Crippen molar-refractivity contribution in [1.29, 1.82) is 0 Å². The monoisotopic (exact) mass is 251 g/mol. The largest absolute Gasteiger partial charge is 0.398 e. The first-order valence-corrected chi connectivity index (χ1v) is 6.57. The number of hydrogen-bond donors (Lipinski definition) is 1. The molecule has 0 aliphatic heterocycles. The number of Topliss-reactive ketones (excluding diaryl/α,β-unsaturated/α-hetero) is 1. The van der Waals surface area contributed by atoms with Crippen LogP contribution in [0.2, 0.25) is 5.02 Å². The van der Waals surface area contributed by atoms with Gasteiger partial charge < -0.3 is 5.73 Å². The number of halogens is 1. The summed E-state index contributed by atoms with van der Waals surface area (Å²) >= 11 is 5.98. The highest BCUT2D eigenvalue weighted by Crippen LogP contribution is 2.43.